The highest BCUT2D eigenvalue weighted by atomic mass is 19.4. The third-order valence-electron chi connectivity index (χ3n) is 5.00. The molecule has 40 heavy (non-hydrogen) atoms. The minimum atomic E-state index is -7.22. The minimum absolute atomic E-state index is 0.543. The van der Waals surface area contributed by atoms with Gasteiger partial charge in [0.15, 0.2) is 0 Å². The van der Waals surface area contributed by atoms with Crippen LogP contribution in [0, 0.1) is 5.92 Å². The van der Waals surface area contributed by atoms with Gasteiger partial charge in [-0.3, -0.25) is 9.59 Å². The number of hydrogen-bond donors (Lipinski definition) is 0. The van der Waals surface area contributed by atoms with Crippen LogP contribution in [-0.4, -0.2) is 73.0 Å². The van der Waals surface area contributed by atoms with E-state index in [0.29, 0.717) is 0 Å². The summed E-state index contributed by atoms with van der Waals surface area (Å²) < 4.78 is 237. The second-order valence-corrected chi connectivity index (χ2v) is 7.90. The van der Waals surface area contributed by atoms with E-state index in [-0.39, 0.29) is 0 Å². The zero-order valence-electron chi connectivity index (χ0n) is 19.3. The molecule has 0 aliphatic rings. The van der Waals surface area contributed by atoms with E-state index >= 15 is 0 Å². The highest BCUT2D eigenvalue weighted by molar-refractivity contribution is 5.79. The molecule has 0 aliphatic heterocycles. The molecule has 22 heteroatoms. The van der Waals surface area contributed by atoms with Crippen LogP contribution in [0.2, 0.25) is 0 Å². The van der Waals surface area contributed by atoms with Crippen molar-refractivity contribution in [1.82, 2.24) is 0 Å². The summed E-state index contributed by atoms with van der Waals surface area (Å²) in [7, 11) is 0. The second kappa shape index (κ2) is 11.9. The van der Waals surface area contributed by atoms with Crippen molar-refractivity contribution in [2.45, 2.75) is 80.5 Å². The van der Waals surface area contributed by atoms with E-state index in [0.717, 1.165) is 6.92 Å². The Kier molecular flexibility index (Phi) is 11.2. The largest absolute Gasteiger partial charge is 0.465 e. The molecule has 0 spiro atoms. The average molecular weight is 638 g/mol. The van der Waals surface area contributed by atoms with Crippen LogP contribution in [0.3, 0.4) is 0 Å². The monoisotopic (exact) mass is 638 g/mol. The molecule has 0 aromatic heterocycles. The first-order valence-corrected chi connectivity index (χ1v) is 10.2. The first kappa shape index (κ1) is 37.7. The van der Waals surface area contributed by atoms with Crippen LogP contribution in [0.4, 0.5) is 79.0 Å². The van der Waals surface area contributed by atoms with Crippen LogP contribution < -0.4 is 0 Å². The molecule has 238 valence electrons. The van der Waals surface area contributed by atoms with Gasteiger partial charge in [0.1, 0.15) is 0 Å². The van der Waals surface area contributed by atoms with Crippen molar-refractivity contribution < 1.29 is 98.1 Å². The van der Waals surface area contributed by atoms with E-state index in [1.165, 1.54) is 0 Å². The van der Waals surface area contributed by atoms with Crippen molar-refractivity contribution in [2.75, 3.05) is 13.2 Å². The molecule has 0 fully saturated rings. The standard InChI is InChI=1S/C18H16F18O4/c1-2-8(10(38)40-6-4-12(21,22)14(25,26)16(29,30)18(34,35)36)7-9(37)39-5-3-11(19,20)13(23,24)15(27,28)17(31,32)33/h8H,2-7H2,1H3. The molecule has 0 rings (SSSR count). The molecule has 1 unspecified atom stereocenters. The SMILES string of the molecule is CCC(CC(=O)OCCC(F)(F)C(F)(F)C(F)(F)C(F)(F)F)C(=O)OCCC(F)(F)C(F)(F)C(F)(F)C(F)(F)F. The lowest BCUT2D eigenvalue weighted by Crippen LogP contribution is -2.61. The van der Waals surface area contributed by atoms with E-state index in [9.17, 15) is 88.6 Å². The molecule has 1 atom stereocenters. The van der Waals surface area contributed by atoms with Gasteiger partial charge in [0.25, 0.3) is 0 Å². The highest BCUT2D eigenvalue weighted by Gasteiger charge is 2.82. The fourth-order valence-electron chi connectivity index (χ4n) is 2.47. The molecular formula is C18H16F18O4. The van der Waals surface area contributed by atoms with E-state index in [1.807, 2.05) is 0 Å². The third-order valence-corrected chi connectivity index (χ3v) is 5.00. The Balaban J connectivity index is 5.10. The number of esters is 2. The smallest absolute Gasteiger partial charge is 0.460 e. The van der Waals surface area contributed by atoms with Gasteiger partial charge in [0, 0.05) is 0 Å². The molecule has 0 aromatic rings. The maximum absolute atomic E-state index is 13.4. The van der Waals surface area contributed by atoms with Gasteiger partial charge in [-0.05, 0) is 6.42 Å². The molecule has 0 N–H and O–H groups in total. The normalized spacial score (nSPS) is 15.6. The zero-order chi connectivity index (χ0) is 32.4. The van der Waals surface area contributed by atoms with Crippen LogP contribution in [0.1, 0.15) is 32.6 Å². The Morgan fingerprint density at radius 2 is 0.875 bits per heavy atom. The molecule has 4 nitrogen and oxygen atoms in total. The second-order valence-electron chi connectivity index (χ2n) is 7.90. The summed E-state index contributed by atoms with van der Waals surface area (Å²) in [6, 6.07) is 0. The zero-order valence-corrected chi connectivity index (χ0v) is 19.3. The number of carbonyl (C=O) groups excluding carboxylic acids is 2. The van der Waals surface area contributed by atoms with Gasteiger partial charge in [0.05, 0.1) is 38.4 Å². The van der Waals surface area contributed by atoms with Crippen molar-refractivity contribution in [3.63, 3.8) is 0 Å². The van der Waals surface area contributed by atoms with Crippen molar-refractivity contribution >= 4 is 11.9 Å². The van der Waals surface area contributed by atoms with E-state index in [2.05, 4.69) is 9.47 Å². The predicted molar refractivity (Wildman–Crippen MR) is 91.3 cm³/mol. The van der Waals surface area contributed by atoms with Crippen molar-refractivity contribution in [3.8, 4) is 0 Å². The van der Waals surface area contributed by atoms with Crippen LogP contribution >= 0.6 is 0 Å². The van der Waals surface area contributed by atoms with Crippen LogP contribution in [0.15, 0.2) is 0 Å². The van der Waals surface area contributed by atoms with Crippen LogP contribution in [-0.2, 0) is 19.1 Å². The molecular weight excluding hydrogens is 622 g/mol. The topological polar surface area (TPSA) is 52.6 Å². The average Bonchev–Trinajstić information content (AvgIpc) is 2.74. The fraction of sp³-hybridized carbons (Fsp3) is 0.889. The summed E-state index contributed by atoms with van der Waals surface area (Å²) in [6.07, 6.45) is -21.2. The summed E-state index contributed by atoms with van der Waals surface area (Å²) >= 11 is 0. The van der Waals surface area contributed by atoms with Crippen LogP contribution in [0.5, 0.6) is 0 Å². The predicted octanol–water partition coefficient (Wildman–Crippen LogP) is 7.21. The summed E-state index contributed by atoms with van der Waals surface area (Å²) in [4.78, 5) is 23.3. The quantitative estimate of drug-likeness (QED) is 0.149. The Morgan fingerprint density at radius 1 is 0.550 bits per heavy atom. The highest BCUT2D eigenvalue weighted by Crippen LogP contribution is 2.55. The maximum Gasteiger partial charge on any atom is 0.460 e. The van der Waals surface area contributed by atoms with Gasteiger partial charge in [-0.1, -0.05) is 6.92 Å². The van der Waals surface area contributed by atoms with Crippen molar-refractivity contribution in [3.05, 3.63) is 0 Å². The molecule has 0 radical (unpaired) electrons. The Morgan fingerprint density at radius 3 is 1.18 bits per heavy atom. The summed E-state index contributed by atoms with van der Waals surface area (Å²) in [5.74, 6) is -46.1. The van der Waals surface area contributed by atoms with Gasteiger partial charge < -0.3 is 9.47 Å². The number of hydrogen-bond acceptors (Lipinski definition) is 4. The number of carbonyl (C=O) groups is 2. The molecule has 0 amide bonds. The van der Waals surface area contributed by atoms with Crippen LogP contribution in [0.25, 0.3) is 0 Å². The molecule has 0 saturated carbocycles. The van der Waals surface area contributed by atoms with Gasteiger partial charge in [0.2, 0.25) is 0 Å². The number of halogens is 18. The van der Waals surface area contributed by atoms with Crippen molar-refractivity contribution in [1.29, 1.82) is 0 Å². The van der Waals surface area contributed by atoms with E-state index in [1.54, 1.807) is 0 Å². The van der Waals surface area contributed by atoms with Gasteiger partial charge in [-0.15, -0.1) is 0 Å². The molecule has 0 aliphatic carbocycles. The third kappa shape index (κ3) is 7.49. The lowest BCUT2D eigenvalue weighted by atomic mass is 10.0. The summed E-state index contributed by atoms with van der Waals surface area (Å²) in [5, 5.41) is 0. The first-order chi connectivity index (χ1) is 17.4. The van der Waals surface area contributed by atoms with E-state index in [4.69, 9.17) is 0 Å². The number of rotatable bonds is 14. The number of ether oxygens (including phenoxy) is 2. The Bertz CT molecular complexity index is 877. The molecule has 0 saturated heterocycles. The summed E-state index contributed by atoms with van der Waals surface area (Å²) in [5.41, 5.74) is 0. The maximum atomic E-state index is 13.4. The van der Waals surface area contributed by atoms with E-state index < -0.39 is 105 Å². The lowest BCUT2D eigenvalue weighted by molar-refractivity contribution is -0.397. The van der Waals surface area contributed by atoms with Gasteiger partial charge >= 0.3 is 59.8 Å². The van der Waals surface area contributed by atoms with Crippen molar-refractivity contribution in [2.24, 2.45) is 5.92 Å². The molecule has 0 aromatic carbocycles. The lowest BCUT2D eigenvalue weighted by Gasteiger charge is -2.33. The van der Waals surface area contributed by atoms with Gasteiger partial charge in [-0.2, -0.15) is 79.0 Å². The number of alkyl halides is 18. The Hall–Kier alpha value is -2.32. The fourth-order valence-corrected chi connectivity index (χ4v) is 2.47. The Labute approximate surface area is 210 Å². The minimum Gasteiger partial charge on any atom is -0.465 e. The molecule has 0 bridgehead atoms. The van der Waals surface area contributed by atoms with Gasteiger partial charge in [-0.25, -0.2) is 0 Å². The first-order valence-electron chi connectivity index (χ1n) is 10.2. The molecule has 0 heterocycles. The summed E-state index contributed by atoms with van der Waals surface area (Å²) in [6.45, 7) is -2.81.